The Bertz CT molecular complexity index is 558. The molecule has 1 aromatic carbocycles. The number of primary amides is 1. The molecule has 0 saturated carbocycles. The molecule has 8 heteroatoms. The van der Waals surface area contributed by atoms with E-state index in [1.54, 1.807) is 12.1 Å². The average molecular weight is 308 g/mol. The van der Waals surface area contributed by atoms with E-state index in [0.717, 1.165) is 5.56 Å². The minimum absolute atomic E-state index is 0.186. The van der Waals surface area contributed by atoms with E-state index in [0.29, 0.717) is 24.9 Å². The van der Waals surface area contributed by atoms with Gasteiger partial charge in [0.05, 0.1) is 5.41 Å². The number of rotatable bonds is 2. The van der Waals surface area contributed by atoms with Crippen molar-refractivity contribution in [3.63, 3.8) is 0 Å². The van der Waals surface area contributed by atoms with Crippen molar-refractivity contribution < 1.29 is 19.6 Å². The highest BCUT2D eigenvalue weighted by molar-refractivity contribution is 6.03. The van der Waals surface area contributed by atoms with E-state index < -0.39 is 11.4 Å². The van der Waals surface area contributed by atoms with E-state index in [4.69, 9.17) is 10.9 Å². The highest BCUT2D eigenvalue weighted by atomic mass is 16.5. The molecule has 1 saturated heterocycles. The fourth-order valence-corrected chi connectivity index (χ4v) is 2.37. The number of benzene rings is 1. The first kappa shape index (κ1) is 17.4. The van der Waals surface area contributed by atoms with Gasteiger partial charge < -0.3 is 11.5 Å². The molecule has 0 aromatic heterocycles. The molecule has 1 aliphatic heterocycles. The second kappa shape index (κ2) is 7.41. The highest BCUT2D eigenvalue weighted by Crippen LogP contribution is 2.35. The van der Waals surface area contributed by atoms with E-state index in [1.165, 1.54) is 5.48 Å². The van der Waals surface area contributed by atoms with Crippen LogP contribution in [0, 0.1) is 0 Å². The largest absolute Gasteiger partial charge is 0.399 e. The van der Waals surface area contributed by atoms with Crippen LogP contribution in [0.4, 0.5) is 10.5 Å². The Balaban J connectivity index is 0.000000422. The molecule has 1 aromatic rings. The molecule has 1 unspecified atom stereocenters. The van der Waals surface area contributed by atoms with Crippen molar-refractivity contribution in [1.29, 1.82) is 0 Å². The Morgan fingerprint density at radius 3 is 2.32 bits per heavy atom. The van der Waals surface area contributed by atoms with Crippen LogP contribution in [-0.4, -0.2) is 23.1 Å². The fraction of sp³-hybridized carbons (Fsp3) is 0.357. The number of piperidine rings is 1. The summed E-state index contributed by atoms with van der Waals surface area (Å²) >= 11 is 0. The van der Waals surface area contributed by atoms with Crippen molar-refractivity contribution in [3.05, 3.63) is 29.8 Å². The van der Waals surface area contributed by atoms with Crippen LogP contribution >= 0.6 is 0 Å². The first-order valence-corrected chi connectivity index (χ1v) is 6.75. The van der Waals surface area contributed by atoms with E-state index >= 15 is 0 Å². The maximum absolute atomic E-state index is 12.1. The second-order valence-corrected chi connectivity index (χ2v) is 4.91. The molecule has 7 N–H and O–H groups in total. The normalized spacial score (nSPS) is 20.5. The number of amides is 4. The van der Waals surface area contributed by atoms with Crippen LogP contribution in [0.25, 0.3) is 0 Å². The molecule has 1 aliphatic rings. The minimum atomic E-state index is -0.940. The van der Waals surface area contributed by atoms with E-state index in [-0.39, 0.29) is 11.8 Å². The number of hydrogen-bond donors (Lipinski definition) is 5. The SMILES string of the molecule is CCC1(c2ccc(N)cc2)CCC(=O)NC1=O.NC(=O)NO. The average Bonchev–Trinajstić information content (AvgIpc) is 2.49. The van der Waals surface area contributed by atoms with Gasteiger partial charge in [-0.05, 0) is 30.5 Å². The fourth-order valence-electron chi connectivity index (χ4n) is 2.37. The van der Waals surface area contributed by atoms with Gasteiger partial charge in [-0.3, -0.25) is 20.1 Å². The maximum atomic E-state index is 12.1. The number of urea groups is 1. The number of imide groups is 1. The van der Waals surface area contributed by atoms with E-state index in [9.17, 15) is 14.4 Å². The summed E-state index contributed by atoms with van der Waals surface area (Å²) in [5.41, 5.74) is 12.1. The molecule has 120 valence electrons. The van der Waals surface area contributed by atoms with Gasteiger partial charge in [-0.25, -0.2) is 10.3 Å². The molecule has 1 atom stereocenters. The van der Waals surface area contributed by atoms with Crippen molar-refractivity contribution in [2.45, 2.75) is 31.6 Å². The Hall–Kier alpha value is -2.61. The molecular weight excluding hydrogens is 288 g/mol. The third kappa shape index (κ3) is 3.95. The number of nitrogens with two attached hydrogens (primary N) is 2. The zero-order valence-electron chi connectivity index (χ0n) is 12.3. The Kier molecular flexibility index (Phi) is 5.88. The summed E-state index contributed by atoms with van der Waals surface area (Å²) in [4.78, 5) is 32.5. The summed E-state index contributed by atoms with van der Waals surface area (Å²) in [6, 6.07) is 6.37. The Labute approximate surface area is 127 Å². The molecule has 22 heavy (non-hydrogen) atoms. The number of anilines is 1. The van der Waals surface area contributed by atoms with Crippen LogP contribution in [-0.2, 0) is 15.0 Å². The van der Waals surface area contributed by atoms with Gasteiger partial charge in [-0.2, -0.15) is 0 Å². The number of hydroxylamine groups is 1. The predicted octanol–water partition coefficient (Wildman–Crippen LogP) is 0.397. The van der Waals surface area contributed by atoms with Gasteiger partial charge in [0, 0.05) is 12.1 Å². The number of nitrogens with one attached hydrogen (secondary N) is 2. The lowest BCUT2D eigenvalue weighted by Crippen LogP contribution is -2.51. The number of nitrogen functional groups attached to an aromatic ring is 1. The van der Waals surface area contributed by atoms with Crippen LogP contribution in [0.5, 0.6) is 0 Å². The summed E-state index contributed by atoms with van der Waals surface area (Å²) < 4.78 is 0. The lowest BCUT2D eigenvalue weighted by molar-refractivity contribution is -0.138. The zero-order chi connectivity index (χ0) is 16.8. The standard InChI is InChI=1S/C13H16N2O2.CH4N2O2/c1-2-13(8-7-11(16)15-12(13)17)9-3-5-10(14)6-4-9;2-1(4)3-5/h3-6H,2,7-8,14H2,1H3,(H,15,16,17);5H,(H3,2,3,4). The molecule has 0 radical (unpaired) electrons. The highest BCUT2D eigenvalue weighted by Gasteiger charge is 2.42. The van der Waals surface area contributed by atoms with E-state index in [2.05, 4.69) is 11.1 Å². The van der Waals surface area contributed by atoms with Crippen LogP contribution in [0.3, 0.4) is 0 Å². The summed E-state index contributed by atoms with van der Waals surface area (Å²) in [5, 5.41) is 9.84. The topological polar surface area (TPSA) is 148 Å². The van der Waals surface area contributed by atoms with Gasteiger partial charge >= 0.3 is 6.03 Å². The van der Waals surface area contributed by atoms with Crippen molar-refractivity contribution in [2.24, 2.45) is 5.73 Å². The molecule has 1 heterocycles. The second-order valence-electron chi connectivity index (χ2n) is 4.91. The summed E-state index contributed by atoms with van der Waals surface area (Å²) in [6.07, 6.45) is 1.64. The van der Waals surface area contributed by atoms with Crippen LogP contribution < -0.4 is 22.3 Å². The van der Waals surface area contributed by atoms with Gasteiger partial charge in [0.15, 0.2) is 0 Å². The Morgan fingerprint density at radius 2 is 1.91 bits per heavy atom. The summed E-state index contributed by atoms with van der Waals surface area (Å²) in [5.74, 6) is -0.379. The molecule has 0 aliphatic carbocycles. The molecule has 8 nitrogen and oxygen atoms in total. The number of hydrogen-bond acceptors (Lipinski definition) is 5. The van der Waals surface area contributed by atoms with Crippen molar-refractivity contribution in [2.75, 3.05) is 5.73 Å². The van der Waals surface area contributed by atoms with E-state index in [1.807, 2.05) is 19.1 Å². The van der Waals surface area contributed by atoms with Crippen molar-refractivity contribution in [1.82, 2.24) is 10.8 Å². The third-order valence-electron chi connectivity index (χ3n) is 3.64. The number of carbonyl (C=O) groups is 3. The molecular formula is C14H20N4O4. The molecule has 0 spiro atoms. The zero-order valence-corrected chi connectivity index (χ0v) is 12.3. The predicted molar refractivity (Wildman–Crippen MR) is 79.7 cm³/mol. The van der Waals surface area contributed by atoms with Gasteiger partial charge in [0.2, 0.25) is 11.8 Å². The lowest BCUT2D eigenvalue weighted by Gasteiger charge is -2.34. The van der Waals surface area contributed by atoms with Crippen LogP contribution in [0.15, 0.2) is 24.3 Å². The van der Waals surface area contributed by atoms with Crippen LogP contribution in [0.2, 0.25) is 0 Å². The van der Waals surface area contributed by atoms with Gasteiger partial charge in [0.1, 0.15) is 0 Å². The Morgan fingerprint density at radius 1 is 1.36 bits per heavy atom. The van der Waals surface area contributed by atoms with Crippen molar-refractivity contribution in [3.8, 4) is 0 Å². The van der Waals surface area contributed by atoms with Crippen LogP contribution in [0.1, 0.15) is 31.7 Å². The number of carbonyl (C=O) groups excluding carboxylic acids is 3. The summed E-state index contributed by atoms with van der Waals surface area (Å²) in [6.45, 7) is 1.96. The molecule has 2 rings (SSSR count). The maximum Gasteiger partial charge on any atom is 0.335 e. The lowest BCUT2D eigenvalue weighted by atomic mass is 9.72. The molecule has 1 fully saturated rings. The monoisotopic (exact) mass is 308 g/mol. The molecule has 4 amide bonds. The molecule has 0 bridgehead atoms. The van der Waals surface area contributed by atoms with Gasteiger partial charge in [-0.1, -0.05) is 19.1 Å². The van der Waals surface area contributed by atoms with Gasteiger partial charge in [0.25, 0.3) is 0 Å². The minimum Gasteiger partial charge on any atom is -0.399 e. The summed E-state index contributed by atoms with van der Waals surface area (Å²) in [7, 11) is 0. The smallest absolute Gasteiger partial charge is 0.335 e. The first-order chi connectivity index (χ1) is 10.4. The van der Waals surface area contributed by atoms with Crippen molar-refractivity contribution >= 4 is 23.5 Å². The van der Waals surface area contributed by atoms with Gasteiger partial charge in [-0.15, -0.1) is 0 Å². The third-order valence-corrected chi connectivity index (χ3v) is 3.64. The first-order valence-electron chi connectivity index (χ1n) is 6.75. The quantitative estimate of drug-likeness (QED) is 0.232.